The van der Waals surface area contributed by atoms with Crippen molar-refractivity contribution in [2.45, 2.75) is 48.5 Å². The first kappa shape index (κ1) is 25.0. The summed E-state index contributed by atoms with van der Waals surface area (Å²) < 4.78 is 6.32. The van der Waals surface area contributed by atoms with Gasteiger partial charge in [-0.15, -0.1) is 0 Å². The van der Waals surface area contributed by atoms with Crippen LogP contribution in [0.2, 0.25) is 0 Å². The van der Waals surface area contributed by atoms with Crippen LogP contribution in [-0.4, -0.2) is 34.4 Å². The number of hydrogen-bond acceptors (Lipinski definition) is 4. The Labute approximate surface area is 228 Å². The number of imidazole rings is 3. The van der Waals surface area contributed by atoms with Gasteiger partial charge >= 0.3 is 0 Å². The fourth-order valence-electron chi connectivity index (χ4n) is 5.14. The van der Waals surface area contributed by atoms with E-state index in [1.54, 1.807) is 0 Å². The Kier molecular flexibility index (Phi) is 5.37. The molecule has 39 heavy (non-hydrogen) atoms. The van der Waals surface area contributed by atoms with Gasteiger partial charge in [0.1, 0.15) is 6.29 Å². The van der Waals surface area contributed by atoms with Gasteiger partial charge in [-0.1, -0.05) is 78.0 Å². The standard InChI is InChI=1S/C30H28N6O.C2H6/c1-28(2)12-6-19-23(10-15-28)35-25(31-19)34-22-9-14-29(3,4)13-7-20(22)32-26(34)36-24-11-17-30(5,18-37)16-8-21(24)33-27(35)36;1-2/h6-18H,1-5H3;1-2H3. The second-order valence-electron chi connectivity index (χ2n) is 11.7. The van der Waals surface area contributed by atoms with Crippen LogP contribution in [-0.2, 0) is 4.79 Å². The molecule has 0 saturated heterocycles. The van der Waals surface area contributed by atoms with Crippen molar-refractivity contribution < 1.29 is 4.79 Å². The van der Waals surface area contributed by atoms with Crippen LogP contribution in [0.25, 0.3) is 53.8 Å². The minimum absolute atomic E-state index is 0.0798. The highest BCUT2D eigenvalue weighted by atomic mass is 16.1. The Hall–Kier alpha value is -4.26. The molecule has 4 aromatic rings. The van der Waals surface area contributed by atoms with Crippen molar-refractivity contribution >= 4 is 60.1 Å². The van der Waals surface area contributed by atoms with Gasteiger partial charge in [-0.25, -0.2) is 28.2 Å². The molecule has 0 fully saturated rings. The monoisotopic (exact) mass is 518 g/mol. The third-order valence-corrected chi connectivity index (χ3v) is 7.51. The van der Waals surface area contributed by atoms with E-state index in [-0.39, 0.29) is 10.8 Å². The van der Waals surface area contributed by atoms with Gasteiger partial charge in [-0.05, 0) is 43.4 Å². The van der Waals surface area contributed by atoms with Gasteiger partial charge in [-0.2, -0.15) is 0 Å². The van der Waals surface area contributed by atoms with Crippen molar-refractivity contribution in [2.24, 2.45) is 16.2 Å². The molecule has 0 amide bonds. The number of allylic oxidation sites excluding steroid dienone is 6. The van der Waals surface area contributed by atoms with E-state index in [0.717, 1.165) is 57.8 Å². The van der Waals surface area contributed by atoms with Crippen molar-refractivity contribution in [2.75, 3.05) is 0 Å². The molecule has 0 aliphatic heterocycles. The van der Waals surface area contributed by atoms with Crippen LogP contribution < -0.4 is 0 Å². The molecule has 3 aliphatic rings. The summed E-state index contributed by atoms with van der Waals surface area (Å²) in [4.78, 5) is 27.1. The minimum Gasteiger partial charge on any atom is -0.302 e. The fraction of sp³-hybridized carbons (Fsp3) is 0.312. The average Bonchev–Trinajstić information content (AvgIpc) is 3.47. The summed E-state index contributed by atoms with van der Waals surface area (Å²) in [7, 11) is 0. The lowest BCUT2D eigenvalue weighted by Crippen LogP contribution is -2.10. The van der Waals surface area contributed by atoms with Crippen LogP contribution in [0.4, 0.5) is 0 Å². The molecule has 4 aromatic heterocycles. The van der Waals surface area contributed by atoms with Gasteiger partial charge in [0, 0.05) is 10.8 Å². The van der Waals surface area contributed by atoms with Crippen LogP contribution in [0.5, 0.6) is 0 Å². The summed E-state index contributed by atoms with van der Waals surface area (Å²) in [6.45, 7) is 14.6. The van der Waals surface area contributed by atoms with E-state index >= 15 is 0 Å². The van der Waals surface area contributed by atoms with Crippen LogP contribution >= 0.6 is 0 Å². The summed E-state index contributed by atoms with van der Waals surface area (Å²) in [5.41, 5.74) is 4.56. The number of rotatable bonds is 1. The Balaban J connectivity index is 0.00000135. The van der Waals surface area contributed by atoms with Crippen molar-refractivity contribution in [3.8, 4) is 0 Å². The zero-order valence-electron chi connectivity index (χ0n) is 23.6. The van der Waals surface area contributed by atoms with Gasteiger partial charge in [0.05, 0.1) is 39.6 Å². The van der Waals surface area contributed by atoms with E-state index in [9.17, 15) is 4.79 Å². The SMILES string of the molecule is CC.CC1(C)C=Cc2nc3n(c2C=C1)c1nc2c(n1c1nc4c(n31)C=CC(C)(C)C=C4)C=CC(C)(C=O)C=C2. The van der Waals surface area contributed by atoms with E-state index < -0.39 is 5.41 Å². The van der Waals surface area contributed by atoms with Crippen molar-refractivity contribution in [1.29, 1.82) is 0 Å². The fourth-order valence-corrected chi connectivity index (χ4v) is 5.14. The van der Waals surface area contributed by atoms with Crippen molar-refractivity contribution in [3.63, 3.8) is 0 Å². The smallest absolute Gasteiger partial charge is 0.225 e. The summed E-state index contributed by atoms with van der Waals surface area (Å²) >= 11 is 0. The second-order valence-corrected chi connectivity index (χ2v) is 11.7. The first-order chi connectivity index (χ1) is 18.6. The Bertz CT molecular complexity index is 1810. The maximum absolute atomic E-state index is 11.8. The van der Waals surface area contributed by atoms with Gasteiger partial charge in [-0.3, -0.25) is 0 Å². The normalized spacial score (nSPS) is 21.7. The van der Waals surface area contributed by atoms with Crippen molar-refractivity contribution in [3.05, 3.63) is 70.6 Å². The molecule has 0 aromatic carbocycles. The molecular formula is C32H34N6O. The molecule has 4 heterocycles. The second kappa shape index (κ2) is 8.37. The zero-order chi connectivity index (χ0) is 27.7. The molecule has 0 spiro atoms. The summed E-state index contributed by atoms with van der Waals surface area (Å²) in [6, 6.07) is 0. The van der Waals surface area contributed by atoms with Gasteiger partial charge in [0.2, 0.25) is 17.3 Å². The quantitative estimate of drug-likeness (QED) is 0.254. The number of carbonyl (C=O) groups is 1. The van der Waals surface area contributed by atoms with E-state index in [4.69, 9.17) is 15.0 Å². The van der Waals surface area contributed by atoms with Gasteiger partial charge < -0.3 is 4.79 Å². The molecule has 7 rings (SSSR count). The largest absolute Gasteiger partial charge is 0.302 e. The molecule has 1 unspecified atom stereocenters. The third kappa shape index (κ3) is 3.79. The van der Waals surface area contributed by atoms with Crippen molar-refractivity contribution in [1.82, 2.24) is 28.2 Å². The molecule has 3 aliphatic carbocycles. The topological polar surface area (TPSA) is 69.0 Å². The van der Waals surface area contributed by atoms with E-state index in [1.165, 1.54) is 0 Å². The van der Waals surface area contributed by atoms with E-state index in [2.05, 4.69) is 89.5 Å². The van der Waals surface area contributed by atoms with Gasteiger partial charge in [0.15, 0.2) is 0 Å². The Morgan fingerprint density at radius 2 is 0.846 bits per heavy atom. The lowest BCUT2D eigenvalue weighted by atomic mass is 9.92. The first-order valence-electron chi connectivity index (χ1n) is 13.6. The van der Waals surface area contributed by atoms with E-state index in [0.29, 0.717) is 0 Å². The number of fused-ring (bicyclic) bond motifs is 12. The molecule has 1 atom stereocenters. The maximum Gasteiger partial charge on any atom is 0.225 e. The maximum atomic E-state index is 11.8. The minimum atomic E-state index is -0.685. The molecular weight excluding hydrogens is 484 g/mol. The Morgan fingerprint density at radius 3 is 1.23 bits per heavy atom. The van der Waals surface area contributed by atoms with Crippen LogP contribution in [0.15, 0.2) is 36.5 Å². The number of aromatic nitrogens is 6. The van der Waals surface area contributed by atoms with Crippen LogP contribution in [0.1, 0.15) is 82.6 Å². The number of carbonyl (C=O) groups excluding carboxylic acids is 1. The lowest BCUT2D eigenvalue weighted by Gasteiger charge is -2.13. The molecule has 7 heteroatoms. The Morgan fingerprint density at radius 1 is 0.538 bits per heavy atom. The summed E-state index contributed by atoms with van der Waals surface area (Å²) in [5, 5.41) is 0. The van der Waals surface area contributed by atoms with E-state index in [1.807, 2.05) is 45.1 Å². The highest BCUT2D eigenvalue weighted by molar-refractivity contribution is 5.80. The molecule has 198 valence electrons. The lowest BCUT2D eigenvalue weighted by molar-refractivity contribution is -0.111. The third-order valence-electron chi connectivity index (χ3n) is 7.51. The highest BCUT2D eigenvalue weighted by Crippen LogP contribution is 2.35. The predicted octanol–water partition coefficient (Wildman–Crippen LogP) is 7.03. The molecule has 0 radical (unpaired) electrons. The molecule has 0 saturated carbocycles. The van der Waals surface area contributed by atoms with Gasteiger partial charge in [0.25, 0.3) is 0 Å². The average molecular weight is 519 g/mol. The highest BCUT2D eigenvalue weighted by Gasteiger charge is 2.28. The summed E-state index contributed by atoms with van der Waals surface area (Å²) in [5.74, 6) is 2.23. The first-order valence-corrected chi connectivity index (χ1v) is 13.6. The van der Waals surface area contributed by atoms with Crippen LogP contribution in [0, 0.1) is 16.2 Å². The number of hydrogen-bond donors (Lipinski definition) is 0. The molecule has 7 nitrogen and oxygen atoms in total. The summed E-state index contributed by atoms with van der Waals surface area (Å²) in [6.07, 6.45) is 25.9. The molecule has 0 N–H and O–H groups in total. The van der Waals surface area contributed by atoms with Crippen LogP contribution in [0.3, 0.4) is 0 Å². The number of nitrogens with zero attached hydrogens (tertiary/aromatic N) is 6. The zero-order valence-corrected chi connectivity index (χ0v) is 23.6. The predicted molar refractivity (Wildman–Crippen MR) is 160 cm³/mol. The molecule has 0 bridgehead atoms. The number of aldehydes is 1.